The molecule has 0 fully saturated rings. The molecule has 1 aliphatic rings. The first-order chi connectivity index (χ1) is 15.0. The second kappa shape index (κ2) is 8.83. The zero-order valence-corrected chi connectivity index (χ0v) is 18.5. The van der Waals surface area contributed by atoms with Crippen molar-refractivity contribution in [2.75, 3.05) is 30.8 Å². The van der Waals surface area contributed by atoms with E-state index in [9.17, 15) is 0 Å². The standard InChI is InChI=1S/C23H29N7O/c1-5-23(3,17-6-8-25-18-7-9-31-21(17)18)15(2)11-26-20-10-19(29-14-30-20)16-12-27-22(24-4)28-13-16/h6,8,10,12-15H,5,7,9,11H2,1-4H3,(H,24,27,28)(H,26,29,30)/t15?,23-/m1/s1. The van der Waals surface area contributed by atoms with E-state index in [1.54, 1.807) is 25.8 Å². The maximum absolute atomic E-state index is 5.95. The van der Waals surface area contributed by atoms with E-state index in [1.807, 2.05) is 12.3 Å². The zero-order chi connectivity index (χ0) is 21.8. The first-order valence-corrected chi connectivity index (χ1v) is 10.7. The minimum Gasteiger partial charge on any atom is -0.491 e. The summed E-state index contributed by atoms with van der Waals surface area (Å²) in [4.78, 5) is 21.8. The summed E-state index contributed by atoms with van der Waals surface area (Å²) < 4.78 is 5.95. The highest BCUT2D eigenvalue weighted by molar-refractivity contribution is 5.60. The third-order valence-corrected chi connectivity index (χ3v) is 6.43. The van der Waals surface area contributed by atoms with Gasteiger partial charge in [0.25, 0.3) is 0 Å². The van der Waals surface area contributed by atoms with Crippen LogP contribution in [0.4, 0.5) is 11.8 Å². The monoisotopic (exact) mass is 419 g/mol. The molecule has 3 aromatic rings. The van der Waals surface area contributed by atoms with E-state index in [0.717, 1.165) is 47.9 Å². The molecule has 162 valence electrons. The van der Waals surface area contributed by atoms with E-state index in [0.29, 0.717) is 18.5 Å². The van der Waals surface area contributed by atoms with Crippen molar-refractivity contribution in [2.24, 2.45) is 5.92 Å². The van der Waals surface area contributed by atoms with Gasteiger partial charge in [-0.25, -0.2) is 19.9 Å². The van der Waals surface area contributed by atoms with E-state index in [2.05, 4.69) is 62.4 Å². The fourth-order valence-corrected chi connectivity index (χ4v) is 4.02. The van der Waals surface area contributed by atoms with Crippen molar-refractivity contribution in [2.45, 2.75) is 39.0 Å². The molecule has 0 radical (unpaired) electrons. The zero-order valence-electron chi connectivity index (χ0n) is 18.5. The van der Waals surface area contributed by atoms with Crippen LogP contribution in [0, 0.1) is 5.92 Å². The minimum absolute atomic E-state index is 0.0446. The van der Waals surface area contributed by atoms with Gasteiger partial charge in [-0.15, -0.1) is 0 Å². The fraction of sp³-hybridized carbons (Fsp3) is 0.435. The third-order valence-electron chi connectivity index (χ3n) is 6.43. The summed E-state index contributed by atoms with van der Waals surface area (Å²) in [5.74, 6) is 2.68. The van der Waals surface area contributed by atoms with Crippen LogP contribution in [0.5, 0.6) is 5.75 Å². The van der Waals surface area contributed by atoms with Gasteiger partial charge < -0.3 is 15.4 Å². The van der Waals surface area contributed by atoms with Gasteiger partial charge in [0.2, 0.25) is 5.95 Å². The highest BCUT2D eigenvalue weighted by Gasteiger charge is 2.36. The van der Waals surface area contributed by atoms with E-state index >= 15 is 0 Å². The second-order valence-electron chi connectivity index (χ2n) is 8.12. The number of pyridine rings is 1. The van der Waals surface area contributed by atoms with E-state index in [1.165, 1.54) is 5.56 Å². The summed E-state index contributed by atoms with van der Waals surface area (Å²) in [6.45, 7) is 8.30. The van der Waals surface area contributed by atoms with Gasteiger partial charge in [0, 0.05) is 61.2 Å². The number of nitrogens with zero attached hydrogens (tertiary/aromatic N) is 5. The summed E-state index contributed by atoms with van der Waals surface area (Å²) in [7, 11) is 1.79. The predicted molar refractivity (Wildman–Crippen MR) is 121 cm³/mol. The molecule has 0 aliphatic carbocycles. The van der Waals surface area contributed by atoms with Crippen LogP contribution in [0.15, 0.2) is 37.1 Å². The van der Waals surface area contributed by atoms with Gasteiger partial charge >= 0.3 is 0 Å². The van der Waals surface area contributed by atoms with Gasteiger partial charge in [-0.3, -0.25) is 4.98 Å². The van der Waals surface area contributed by atoms with Crippen molar-refractivity contribution >= 4 is 11.8 Å². The Morgan fingerprint density at radius 2 is 1.97 bits per heavy atom. The average molecular weight is 420 g/mol. The van der Waals surface area contributed by atoms with Crippen molar-refractivity contribution in [3.63, 3.8) is 0 Å². The molecule has 31 heavy (non-hydrogen) atoms. The Morgan fingerprint density at radius 3 is 2.71 bits per heavy atom. The number of rotatable bonds is 8. The van der Waals surface area contributed by atoms with Crippen LogP contribution in [-0.4, -0.2) is 45.1 Å². The van der Waals surface area contributed by atoms with Crippen LogP contribution in [-0.2, 0) is 11.8 Å². The highest BCUT2D eigenvalue weighted by atomic mass is 16.5. The van der Waals surface area contributed by atoms with Crippen molar-refractivity contribution in [1.29, 1.82) is 0 Å². The molecule has 0 aromatic carbocycles. The molecule has 4 rings (SSSR count). The van der Waals surface area contributed by atoms with E-state index < -0.39 is 0 Å². The van der Waals surface area contributed by atoms with Gasteiger partial charge in [0.1, 0.15) is 17.9 Å². The Hall–Kier alpha value is -3.29. The Kier molecular flexibility index (Phi) is 5.97. The summed E-state index contributed by atoms with van der Waals surface area (Å²) in [6, 6.07) is 4.04. The first-order valence-electron chi connectivity index (χ1n) is 10.7. The number of hydrogen-bond donors (Lipinski definition) is 2. The molecule has 2 atom stereocenters. The molecule has 0 saturated heterocycles. The maximum atomic E-state index is 5.95. The molecule has 0 saturated carbocycles. The Labute approximate surface area is 183 Å². The molecule has 0 spiro atoms. The molecule has 1 aliphatic heterocycles. The number of hydrogen-bond acceptors (Lipinski definition) is 8. The normalized spacial score (nSPS) is 15.5. The lowest BCUT2D eigenvalue weighted by Crippen LogP contribution is -2.34. The van der Waals surface area contributed by atoms with Gasteiger partial charge in [-0.2, -0.15) is 0 Å². The van der Waals surface area contributed by atoms with Crippen LogP contribution in [0.3, 0.4) is 0 Å². The Bertz CT molecular complexity index is 1040. The maximum Gasteiger partial charge on any atom is 0.222 e. The lowest BCUT2D eigenvalue weighted by molar-refractivity contribution is 0.291. The van der Waals surface area contributed by atoms with Crippen LogP contribution >= 0.6 is 0 Å². The number of ether oxygens (including phenoxy) is 1. The topological polar surface area (TPSA) is 97.7 Å². The molecule has 1 unspecified atom stereocenters. The van der Waals surface area contributed by atoms with Gasteiger partial charge in [-0.05, 0) is 18.4 Å². The molecule has 0 amide bonds. The summed E-state index contributed by atoms with van der Waals surface area (Å²) in [5, 5.41) is 6.41. The molecular weight excluding hydrogens is 390 g/mol. The molecule has 3 aromatic heterocycles. The minimum atomic E-state index is -0.0446. The van der Waals surface area contributed by atoms with Crippen molar-refractivity contribution in [1.82, 2.24) is 24.9 Å². The number of fused-ring (bicyclic) bond motifs is 1. The van der Waals surface area contributed by atoms with Crippen molar-refractivity contribution < 1.29 is 4.74 Å². The SMILES string of the molecule is CC[C@@](C)(c1ccnc2c1OCC2)C(C)CNc1cc(-c2cnc(NC)nc2)ncn1. The molecule has 8 heteroatoms. The lowest BCUT2D eigenvalue weighted by Gasteiger charge is -2.36. The highest BCUT2D eigenvalue weighted by Crippen LogP contribution is 2.43. The smallest absolute Gasteiger partial charge is 0.222 e. The average Bonchev–Trinajstić information content (AvgIpc) is 3.31. The summed E-state index contributed by atoms with van der Waals surface area (Å²) in [6.07, 6.45) is 8.88. The van der Waals surface area contributed by atoms with Crippen LogP contribution in [0.25, 0.3) is 11.3 Å². The molecular formula is C23H29N7O. The van der Waals surface area contributed by atoms with E-state index in [-0.39, 0.29) is 5.41 Å². The number of nitrogens with one attached hydrogen (secondary N) is 2. The number of anilines is 2. The third kappa shape index (κ3) is 4.15. The summed E-state index contributed by atoms with van der Waals surface area (Å²) >= 11 is 0. The predicted octanol–water partition coefficient (Wildman–Crippen LogP) is 3.72. The first kappa shape index (κ1) is 21.0. The van der Waals surface area contributed by atoms with Crippen molar-refractivity contribution in [3.05, 3.63) is 48.3 Å². The fourth-order valence-electron chi connectivity index (χ4n) is 4.02. The van der Waals surface area contributed by atoms with Crippen LogP contribution in [0.2, 0.25) is 0 Å². The molecule has 2 N–H and O–H groups in total. The molecule has 0 bridgehead atoms. The van der Waals surface area contributed by atoms with Gasteiger partial charge in [0.15, 0.2) is 0 Å². The van der Waals surface area contributed by atoms with Gasteiger partial charge in [0.05, 0.1) is 18.0 Å². The largest absolute Gasteiger partial charge is 0.491 e. The summed E-state index contributed by atoms with van der Waals surface area (Å²) in [5.41, 5.74) is 3.91. The quantitative estimate of drug-likeness (QED) is 0.570. The van der Waals surface area contributed by atoms with Gasteiger partial charge in [-0.1, -0.05) is 20.8 Å². The Balaban J connectivity index is 1.50. The number of aromatic nitrogens is 5. The van der Waals surface area contributed by atoms with Crippen LogP contribution in [0.1, 0.15) is 38.4 Å². The Morgan fingerprint density at radius 1 is 1.16 bits per heavy atom. The molecule has 8 nitrogen and oxygen atoms in total. The van der Waals surface area contributed by atoms with E-state index in [4.69, 9.17) is 4.74 Å². The molecule has 4 heterocycles. The van der Waals surface area contributed by atoms with Crippen molar-refractivity contribution in [3.8, 4) is 17.0 Å². The van der Waals surface area contributed by atoms with Crippen LogP contribution < -0.4 is 15.4 Å². The second-order valence-corrected chi connectivity index (χ2v) is 8.12. The lowest BCUT2D eigenvalue weighted by atomic mass is 9.70.